The Morgan fingerprint density at radius 2 is 1.83 bits per heavy atom. The minimum atomic E-state index is -3.76. The van der Waals surface area contributed by atoms with E-state index >= 15 is 0 Å². The van der Waals surface area contributed by atoms with E-state index in [0.717, 1.165) is 0 Å². The fourth-order valence-electron chi connectivity index (χ4n) is 2.47. The number of nitrogens with zero attached hydrogens (tertiary/aromatic N) is 3. The molecule has 4 N–H and O–H groups in total. The molecule has 0 atom stereocenters. The van der Waals surface area contributed by atoms with Gasteiger partial charge in [-0.3, -0.25) is 0 Å². The number of hydrogen-bond donors (Lipinski definition) is 3. The van der Waals surface area contributed by atoms with E-state index in [-0.39, 0.29) is 10.6 Å². The normalized spacial score (nSPS) is 11.6. The van der Waals surface area contributed by atoms with E-state index in [1.807, 2.05) is 0 Å². The molecule has 0 aliphatic carbocycles. The van der Waals surface area contributed by atoms with E-state index in [4.69, 9.17) is 16.7 Å². The SMILES string of the molecule is NS(=O)(=O)c1ccc(Nc2nc3ncnc(Nc4ccc(Cl)cc4F)c3s2)cc1. The first-order chi connectivity index (χ1) is 13.8. The van der Waals surface area contributed by atoms with Crippen molar-refractivity contribution in [2.45, 2.75) is 4.90 Å². The van der Waals surface area contributed by atoms with Crippen LogP contribution in [0.4, 0.5) is 26.7 Å². The van der Waals surface area contributed by atoms with E-state index in [1.54, 1.807) is 18.2 Å². The maximum atomic E-state index is 14.1. The molecule has 0 aliphatic rings. The Morgan fingerprint density at radius 3 is 2.52 bits per heavy atom. The van der Waals surface area contributed by atoms with E-state index in [2.05, 4.69) is 25.6 Å². The number of anilines is 4. The van der Waals surface area contributed by atoms with Gasteiger partial charge in [-0.25, -0.2) is 27.9 Å². The Balaban J connectivity index is 1.62. The number of nitrogens with two attached hydrogens (primary N) is 1. The van der Waals surface area contributed by atoms with Crippen LogP contribution in [-0.2, 0) is 10.0 Å². The van der Waals surface area contributed by atoms with Gasteiger partial charge < -0.3 is 10.6 Å². The third-order valence-electron chi connectivity index (χ3n) is 3.81. The average Bonchev–Trinajstić information content (AvgIpc) is 3.07. The molecule has 0 fully saturated rings. The van der Waals surface area contributed by atoms with Crippen LogP contribution in [0.1, 0.15) is 0 Å². The molecule has 0 unspecified atom stereocenters. The second kappa shape index (κ2) is 7.52. The van der Waals surface area contributed by atoms with Crippen LogP contribution in [0.3, 0.4) is 0 Å². The van der Waals surface area contributed by atoms with E-state index < -0.39 is 15.8 Å². The van der Waals surface area contributed by atoms with Gasteiger partial charge in [0.15, 0.2) is 16.6 Å². The lowest BCUT2D eigenvalue weighted by atomic mass is 10.3. The molecule has 0 spiro atoms. The molecule has 8 nitrogen and oxygen atoms in total. The number of sulfonamides is 1. The predicted molar refractivity (Wildman–Crippen MR) is 111 cm³/mol. The Morgan fingerprint density at radius 1 is 1.07 bits per heavy atom. The highest BCUT2D eigenvalue weighted by Gasteiger charge is 2.13. The minimum absolute atomic E-state index is 0.00898. The smallest absolute Gasteiger partial charge is 0.238 e. The van der Waals surface area contributed by atoms with Gasteiger partial charge in [0.25, 0.3) is 0 Å². The van der Waals surface area contributed by atoms with Crippen molar-refractivity contribution in [2.24, 2.45) is 5.14 Å². The summed E-state index contributed by atoms with van der Waals surface area (Å²) in [6.45, 7) is 0. The predicted octanol–water partition coefficient (Wildman–Crippen LogP) is 4.01. The standard InChI is InChI=1S/C17H12ClFN6O2S2/c18-9-1-6-13(12(19)7-9)24-15-14-16(22-8-21-15)25-17(28-14)23-10-2-4-11(5-3-10)29(20,26)27/h1-8H,(H2,20,26,27)(H2,21,22,23,24,25). The molecule has 0 amide bonds. The molecule has 0 radical (unpaired) electrons. The zero-order valence-corrected chi connectivity index (χ0v) is 16.8. The van der Waals surface area contributed by atoms with Gasteiger partial charge in [-0.05, 0) is 42.5 Å². The average molecular weight is 451 g/mol. The van der Waals surface area contributed by atoms with Crippen molar-refractivity contribution in [3.05, 3.63) is 59.6 Å². The summed E-state index contributed by atoms with van der Waals surface area (Å²) in [6.07, 6.45) is 1.32. The van der Waals surface area contributed by atoms with Crippen LogP contribution in [0.25, 0.3) is 10.3 Å². The number of primary sulfonamides is 1. The van der Waals surface area contributed by atoms with Crippen molar-refractivity contribution >= 4 is 65.6 Å². The first-order valence-electron chi connectivity index (χ1n) is 8.03. The summed E-state index contributed by atoms with van der Waals surface area (Å²) < 4.78 is 37.4. The van der Waals surface area contributed by atoms with Crippen molar-refractivity contribution < 1.29 is 12.8 Å². The highest BCUT2D eigenvalue weighted by Crippen LogP contribution is 2.33. The van der Waals surface area contributed by atoms with E-state index in [0.29, 0.717) is 32.0 Å². The summed E-state index contributed by atoms with van der Waals surface area (Å²) >= 11 is 7.04. The van der Waals surface area contributed by atoms with Crippen molar-refractivity contribution in [1.82, 2.24) is 15.0 Å². The molecule has 4 rings (SSSR count). The summed E-state index contributed by atoms with van der Waals surface area (Å²) in [5.74, 6) is -0.117. The van der Waals surface area contributed by atoms with Crippen molar-refractivity contribution in [3.8, 4) is 0 Å². The van der Waals surface area contributed by atoms with Crippen LogP contribution in [0.15, 0.2) is 53.7 Å². The quantitative estimate of drug-likeness (QED) is 0.419. The van der Waals surface area contributed by atoms with E-state index in [9.17, 15) is 12.8 Å². The first kappa shape index (κ1) is 19.5. The highest BCUT2D eigenvalue weighted by atomic mass is 35.5. The third kappa shape index (κ3) is 4.27. The summed E-state index contributed by atoms with van der Waals surface area (Å²) in [5.41, 5.74) is 1.25. The number of aromatic nitrogens is 3. The number of rotatable bonds is 5. The van der Waals surface area contributed by atoms with Crippen LogP contribution in [0.5, 0.6) is 0 Å². The second-order valence-corrected chi connectivity index (χ2v) is 8.83. The van der Waals surface area contributed by atoms with Gasteiger partial charge in [-0.2, -0.15) is 4.98 Å². The Kier molecular flexibility index (Phi) is 5.04. The summed E-state index contributed by atoms with van der Waals surface area (Å²) in [6, 6.07) is 10.2. The molecule has 0 saturated carbocycles. The van der Waals surface area contributed by atoms with Gasteiger partial charge >= 0.3 is 0 Å². The number of fused-ring (bicyclic) bond motifs is 1. The van der Waals surface area contributed by atoms with Crippen LogP contribution in [0.2, 0.25) is 5.02 Å². The number of benzene rings is 2. The van der Waals surface area contributed by atoms with Crippen molar-refractivity contribution in [1.29, 1.82) is 0 Å². The topological polar surface area (TPSA) is 123 Å². The largest absolute Gasteiger partial charge is 0.336 e. The number of nitrogens with one attached hydrogen (secondary N) is 2. The van der Waals surface area contributed by atoms with Gasteiger partial charge in [-0.15, -0.1) is 0 Å². The molecule has 29 heavy (non-hydrogen) atoms. The maximum Gasteiger partial charge on any atom is 0.238 e. The number of hydrogen-bond acceptors (Lipinski definition) is 8. The molecule has 4 aromatic rings. The maximum absolute atomic E-state index is 14.1. The molecule has 2 aromatic heterocycles. The summed E-state index contributed by atoms with van der Waals surface area (Å²) in [5, 5.41) is 11.9. The molecule has 2 heterocycles. The second-order valence-electron chi connectivity index (χ2n) is 5.84. The van der Waals surface area contributed by atoms with Crippen LogP contribution in [0, 0.1) is 5.82 Å². The van der Waals surface area contributed by atoms with Crippen LogP contribution < -0.4 is 15.8 Å². The zero-order chi connectivity index (χ0) is 20.6. The van der Waals surface area contributed by atoms with Gasteiger partial charge in [0.05, 0.1) is 10.6 Å². The summed E-state index contributed by atoms with van der Waals surface area (Å²) in [7, 11) is -3.76. The molecule has 0 aliphatic heterocycles. The fourth-order valence-corrected chi connectivity index (χ4v) is 4.02. The highest BCUT2D eigenvalue weighted by molar-refractivity contribution is 7.89. The molecule has 0 saturated heterocycles. The summed E-state index contributed by atoms with van der Waals surface area (Å²) in [4.78, 5) is 12.7. The Bertz CT molecular complexity index is 1310. The van der Waals surface area contributed by atoms with Crippen LogP contribution in [-0.4, -0.2) is 23.4 Å². The minimum Gasteiger partial charge on any atom is -0.336 e. The Labute approximate surface area is 173 Å². The Hall–Kier alpha value is -2.86. The lowest BCUT2D eigenvalue weighted by Crippen LogP contribution is -2.11. The zero-order valence-electron chi connectivity index (χ0n) is 14.4. The van der Waals surface area contributed by atoms with Gasteiger partial charge in [0, 0.05) is 10.7 Å². The molecular formula is C17H12ClFN6O2S2. The first-order valence-corrected chi connectivity index (χ1v) is 10.8. The fraction of sp³-hybridized carbons (Fsp3) is 0. The van der Waals surface area contributed by atoms with Crippen LogP contribution >= 0.6 is 22.9 Å². The molecular weight excluding hydrogens is 439 g/mol. The molecule has 12 heteroatoms. The lowest BCUT2D eigenvalue weighted by molar-refractivity contribution is 0.598. The van der Waals surface area contributed by atoms with E-state index in [1.165, 1.54) is 41.9 Å². The lowest BCUT2D eigenvalue weighted by Gasteiger charge is -2.07. The molecule has 2 aromatic carbocycles. The van der Waals surface area contributed by atoms with Crippen molar-refractivity contribution in [3.63, 3.8) is 0 Å². The molecule has 148 valence electrons. The van der Waals surface area contributed by atoms with Crippen molar-refractivity contribution in [2.75, 3.05) is 10.6 Å². The van der Waals surface area contributed by atoms with Gasteiger partial charge in [0.1, 0.15) is 16.8 Å². The number of halogens is 2. The van der Waals surface area contributed by atoms with Gasteiger partial charge in [-0.1, -0.05) is 22.9 Å². The van der Waals surface area contributed by atoms with Gasteiger partial charge in [0.2, 0.25) is 10.0 Å². The number of thiazole rings is 1. The molecule has 0 bridgehead atoms. The third-order valence-corrected chi connectivity index (χ3v) is 5.94. The monoisotopic (exact) mass is 450 g/mol.